The highest BCUT2D eigenvalue weighted by Crippen LogP contribution is 2.48. The molecule has 0 saturated carbocycles. The standard InChI is InChI=1S/C55H36N2OS/c1-5-15-37(16-6-1)39-25-30-44(31-26-39)57(45-32-27-40(28-33-45)38-17-7-2-8-18-38)50-34-29-43(35-47(50)41-19-9-3-10-20-41)52-53-49(56-55(58-53)42-21-11-4-12-22-42)36-48-46-23-13-14-24-51(46)59-54(48)52/h1-36H. The monoisotopic (exact) mass is 772 g/mol. The molecule has 59 heavy (non-hydrogen) atoms. The molecule has 3 nitrogen and oxygen atoms in total. The van der Waals surface area contributed by atoms with Gasteiger partial charge in [0.25, 0.3) is 0 Å². The van der Waals surface area contributed by atoms with Gasteiger partial charge in [0.05, 0.1) is 5.69 Å². The van der Waals surface area contributed by atoms with Crippen LogP contribution in [-0.4, -0.2) is 4.98 Å². The molecule has 0 amide bonds. The van der Waals surface area contributed by atoms with Gasteiger partial charge in [0, 0.05) is 48.2 Å². The third kappa shape index (κ3) is 6.37. The van der Waals surface area contributed by atoms with Crippen molar-refractivity contribution in [2.24, 2.45) is 0 Å². The third-order valence-electron chi connectivity index (χ3n) is 11.1. The number of thiophene rings is 1. The van der Waals surface area contributed by atoms with E-state index in [2.05, 4.69) is 205 Å². The molecule has 11 rings (SSSR count). The Morgan fingerprint density at radius 2 is 0.898 bits per heavy atom. The number of oxazole rings is 1. The molecule has 0 aliphatic carbocycles. The summed E-state index contributed by atoms with van der Waals surface area (Å²) in [6.45, 7) is 0. The molecule has 278 valence electrons. The summed E-state index contributed by atoms with van der Waals surface area (Å²) in [4.78, 5) is 7.48. The minimum atomic E-state index is 0.618. The quantitative estimate of drug-likeness (QED) is 0.154. The van der Waals surface area contributed by atoms with E-state index in [1.165, 1.54) is 42.4 Å². The number of aromatic nitrogens is 1. The van der Waals surface area contributed by atoms with Gasteiger partial charge in [0.1, 0.15) is 5.52 Å². The molecule has 0 aliphatic heterocycles. The van der Waals surface area contributed by atoms with Crippen molar-refractivity contribution >= 4 is 59.7 Å². The van der Waals surface area contributed by atoms with Crippen molar-refractivity contribution in [3.63, 3.8) is 0 Å². The molecule has 0 unspecified atom stereocenters. The molecule has 4 heteroatoms. The van der Waals surface area contributed by atoms with Gasteiger partial charge < -0.3 is 9.32 Å². The maximum atomic E-state index is 6.79. The van der Waals surface area contributed by atoms with Crippen molar-refractivity contribution in [3.8, 4) is 56.0 Å². The summed E-state index contributed by atoms with van der Waals surface area (Å²) in [7, 11) is 0. The summed E-state index contributed by atoms with van der Waals surface area (Å²) in [5.74, 6) is 0.618. The van der Waals surface area contributed by atoms with E-state index >= 15 is 0 Å². The van der Waals surface area contributed by atoms with Gasteiger partial charge in [-0.15, -0.1) is 11.3 Å². The highest BCUT2D eigenvalue weighted by molar-refractivity contribution is 7.26. The van der Waals surface area contributed by atoms with Crippen molar-refractivity contribution < 1.29 is 4.42 Å². The fourth-order valence-electron chi connectivity index (χ4n) is 8.24. The van der Waals surface area contributed by atoms with Gasteiger partial charge >= 0.3 is 0 Å². The Bertz CT molecular complexity index is 3150. The summed E-state index contributed by atoms with van der Waals surface area (Å²) in [6.07, 6.45) is 0. The fourth-order valence-corrected chi connectivity index (χ4v) is 9.49. The van der Waals surface area contributed by atoms with E-state index in [0.717, 1.165) is 56.0 Å². The van der Waals surface area contributed by atoms with Crippen LogP contribution in [0.25, 0.3) is 87.2 Å². The maximum absolute atomic E-state index is 6.79. The predicted molar refractivity (Wildman–Crippen MR) is 249 cm³/mol. The van der Waals surface area contributed by atoms with Gasteiger partial charge in [-0.05, 0) is 94.0 Å². The second-order valence-corrected chi connectivity index (χ2v) is 15.8. The van der Waals surface area contributed by atoms with Crippen molar-refractivity contribution in [2.75, 3.05) is 4.90 Å². The number of rotatable bonds is 8. The average molecular weight is 773 g/mol. The second kappa shape index (κ2) is 14.8. The summed E-state index contributed by atoms with van der Waals surface area (Å²) in [5, 5.41) is 2.41. The van der Waals surface area contributed by atoms with Crippen LogP contribution in [0.2, 0.25) is 0 Å². The maximum Gasteiger partial charge on any atom is 0.227 e. The number of nitrogens with zero attached hydrogens (tertiary/aromatic N) is 2. The van der Waals surface area contributed by atoms with Gasteiger partial charge in [0.15, 0.2) is 5.58 Å². The Morgan fingerprint density at radius 1 is 0.407 bits per heavy atom. The van der Waals surface area contributed by atoms with Gasteiger partial charge in [-0.3, -0.25) is 0 Å². The molecular weight excluding hydrogens is 737 g/mol. The number of hydrogen-bond acceptors (Lipinski definition) is 4. The number of hydrogen-bond donors (Lipinski definition) is 0. The smallest absolute Gasteiger partial charge is 0.227 e. The van der Waals surface area contributed by atoms with Crippen molar-refractivity contribution in [2.45, 2.75) is 0 Å². The molecule has 0 fully saturated rings. The lowest BCUT2D eigenvalue weighted by atomic mass is 9.94. The minimum Gasteiger partial charge on any atom is -0.435 e. The van der Waals surface area contributed by atoms with E-state index in [4.69, 9.17) is 9.40 Å². The Balaban J connectivity index is 1.14. The van der Waals surface area contributed by atoms with Crippen LogP contribution in [0.5, 0.6) is 0 Å². The minimum absolute atomic E-state index is 0.618. The fraction of sp³-hybridized carbons (Fsp3) is 0. The Labute approximate surface area is 346 Å². The van der Waals surface area contributed by atoms with Crippen LogP contribution < -0.4 is 4.90 Å². The molecule has 0 atom stereocenters. The van der Waals surface area contributed by atoms with Gasteiger partial charge in [-0.2, -0.15) is 0 Å². The zero-order valence-electron chi connectivity index (χ0n) is 32.0. The molecule has 0 saturated heterocycles. The van der Waals surface area contributed by atoms with Crippen LogP contribution >= 0.6 is 11.3 Å². The molecule has 2 aromatic heterocycles. The van der Waals surface area contributed by atoms with E-state index in [9.17, 15) is 0 Å². The van der Waals surface area contributed by atoms with Gasteiger partial charge in [-0.25, -0.2) is 4.98 Å². The van der Waals surface area contributed by atoms with Crippen LogP contribution in [0.3, 0.4) is 0 Å². The molecule has 11 aromatic rings. The largest absolute Gasteiger partial charge is 0.435 e. The van der Waals surface area contributed by atoms with Crippen LogP contribution in [0.1, 0.15) is 0 Å². The van der Waals surface area contributed by atoms with Crippen molar-refractivity contribution in [1.29, 1.82) is 0 Å². The molecule has 2 heterocycles. The zero-order valence-corrected chi connectivity index (χ0v) is 32.8. The number of anilines is 3. The van der Waals surface area contributed by atoms with E-state index in [-0.39, 0.29) is 0 Å². The summed E-state index contributed by atoms with van der Waals surface area (Å²) >= 11 is 1.81. The van der Waals surface area contributed by atoms with Gasteiger partial charge in [0.2, 0.25) is 5.89 Å². The zero-order chi connectivity index (χ0) is 39.1. The molecule has 0 N–H and O–H groups in total. The van der Waals surface area contributed by atoms with Gasteiger partial charge in [-0.1, -0.05) is 158 Å². The highest BCUT2D eigenvalue weighted by atomic mass is 32.1. The van der Waals surface area contributed by atoms with Crippen LogP contribution in [0.15, 0.2) is 223 Å². The Kier molecular flexibility index (Phi) is 8.68. The average Bonchev–Trinajstić information content (AvgIpc) is 3.92. The summed E-state index contributed by atoms with van der Waals surface area (Å²) < 4.78 is 9.21. The lowest BCUT2D eigenvalue weighted by Gasteiger charge is -2.29. The second-order valence-electron chi connectivity index (χ2n) is 14.7. The Morgan fingerprint density at radius 3 is 1.49 bits per heavy atom. The predicted octanol–water partition coefficient (Wildman–Crippen LogP) is 16.0. The molecule has 0 aliphatic rings. The molecule has 9 aromatic carbocycles. The number of benzene rings is 9. The molecular formula is C55H36N2OS. The third-order valence-corrected chi connectivity index (χ3v) is 12.3. The van der Waals surface area contributed by atoms with Crippen molar-refractivity contribution in [1.82, 2.24) is 4.98 Å². The first kappa shape index (κ1) is 34.7. The molecule has 0 spiro atoms. The first-order valence-corrected chi connectivity index (χ1v) is 20.7. The lowest BCUT2D eigenvalue weighted by Crippen LogP contribution is -2.11. The lowest BCUT2D eigenvalue weighted by molar-refractivity contribution is 0.621. The van der Waals surface area contributed by atoms with E-state index in [0.29, 0.717) is 5.89 Å². The summed E-state index contributed by atoms with van der Waals surface area (Å²) in [5.41, 5.74) is 14.9. The molecule has 0 radical (unpaired) electrons. The van der Waals surface area contributed by atoms with Crippen molar-refractivity contribution in [3.05, 3.63) is 218 Å². The number of fused-ring (bicyclic) bond motifs is 4. The van der Waals surface area contributed by atoms with E-state index < -0.39 is 0 Å². The molecule has 0 bridgehead atoms. The van der Waals surface area contributed by atoms with Crippen LogP contribution in [-0.2, 0) is 0 Å². The first-order chi connectivity index (χ1) is 29.2. The highest BCUT2D eigenvalue weighted by Gasteiger charge is 2.23. The summed E-state index contributed by atoms with van der Waals surface area (Å²) in [6, 6.07) is 77.6. The Hall–Kier alpha value is -7.53. The normalized spacial score (nSPS) is 11.4. The topological polar surface area (TPSA) is 29.3 Å². The SMILES string of the molecule is c1ccc(-c2ccc(N(c3ccc(-c4ccccc4)cc3)c3ccc(-c4c5oc(-c6ccccc6)nc5cc5c4sc4ccccc45)cc3-c3ccccc3)cc2)cc1. The van der Waals surface area contributed by atoms with Crippen LogP contribution in [0.4, 0.5) is 17.1 Å². The van der Waals surface area contributed by atoms with E-state index in [1.807, 2.05) is 29.5 Å². The first-order valence-electron chi connectivity index (χ1n) is 19.9. The van der Waals surface area contributed by atoms with Crippen LogP contribution in [0, 0.1) is 0 Å². The van der Waals surface area contributed by atoms with E-state index in [1.54, 1.807) is 0 Å².